The predicted molar refractivity (Wildman–Crippen MR) is 80.5 cm³/mol. The highest BCUT2D eigenvalue weighted by molar-refractivity contribution is 9.10. The van der Waals surface area contributed by atoms with Gasteiger partial charge in [-0.25, -0.2) is 8.78 Å². The van der Waals surface area contributed by atoms with Gasteiger partial charge in [0.2, 0.25) is 0 Å². The number of rotatable bonds is 3. The lowest BCUT2D eigenvalue weighted by Gasteiger charge is -2.33. The maximum Gasteiger partial charge on any atom is 0.128 e. The quantitative estimate of drug-likeness (QED) is 0.861. The fourth-order valence-corrected chi connectivity index (χ4v) is 2.58. The van der Waals surface area contributed by atoms with Gasteiger partial charge >= 0.3 is 0 Å². The molecule has 0 saturated carbocycles. The van der Waals surface area contributed by atoms with Crippen LogP contribution in [0.25, 0.3) is 0 Å². The molecular formula is C16H16BrF2N. The van der Waals surface area contributed by atoms with Crippen molar-refractivity contribution in [1.82, 2.24) is 0 Å². The van der Waals surface area contributed by atoms with Crippen LogP contribution in [0, 0.1) is 11.6 Å². The minimum Gasteiger partial charge on any atom is -0.323 e. The number of nitrogens with two attached hydrogens (primary N) is 1. The molecule has 0 aliphatic carbocycles. The summed E-state index contributed by atoms with van der Waals surface area (Å²) in [6.45, 7) is 3.84. The summed E-state index contributed by atoms with van der Waals surface area (Å²) in [5, 5.41) is 0. The van der Waals surface area contributed by atoms with Gasteiger partial charge in [-0.05, 0) is 35.9 Å². The van der Waals surface area contributed by atoms with E-state index in [0.717, 1.165) is 10.0 Å². The SMILES string of the molecule is CC(C)(c1ccc(F)cc1)C(N)c1cc(Br)ccc1F. The van der Waals surface area contributed by atoms with Gasteiger partial charge in [-0.15, -0.1) is 0 Å². The Morgan fingerprint density at radius 2 is 1.65 bits per heavy atom. The number of hydrogen-bond donors (Lipinski definition) is 1. The van der Waals surface area contributed by atoms with E-state index in [1.807, 2.05) is 13.8 Å². The zero-order valence-corrected chi connectivity index (χ0v) is 12.9. The molecule has 4 heteroatoms. The lowest BCUT2D eigenvalue weighted by Crippen LogP contribution is -2.33. The van der Waals surface area contributed by atoms with Gasteiger partial charge in [0, 0.05) is 21.5 Å². The van der Waals surface area contributed by atoms with E-state index in [-0.39, 0.29) is 11.6 Å². The summed E-state index contributed by atoms with van der Waals surface area (Å²) in [7, 11) is 0. The Morgan fingerprint density at radius 3 is 2.25 bits per heavy atom. The van der Waals surface area contributed by atoms with Crippen LogP contribution in [0.4, 0.5) is 8.78 Å². The van der Waals surface area contributed by atoms with Gasteiger partial charge in [0.1, 0.15) is 11.6 Å². The third-order valence-electron chi connectivity index (χ3n) is 3.66. The monoisotopic (exact) mass is 339 g/mol. The number of hydrogen-bond acceptors (Lipinski definition) is 1. The van der Waals surface area contributed by atoms with Crippen LogP contribution in [-0.4, -0.2) is 0 Å². The molecule has 0 aliphatic rings. The lowest BCUT2D eigenvalue weighted by atomic mass is 9.75. The van der Waals surface area contributed by atoms with Crippen LogP contribution in [0.2, 0.25) is 0 Å². The Hall–Kier alpha value is -1.26. The molecule has 0 bridgehead atoms. The molecule has 20 heavy (non-hydrogen) atoms. The fraction of sp³-hybridized carbons (Fsp3) is 0.250. The Morgan fingerprint density at radius 1 is 1.05 bits per heavy atom. The molecule has 0 radical (unpaired) electrons. The molecular weight excluding hydrogens is 324 g/mol. The third-order valence-corrected chi connectivity index (χ3v) is 4.15. The van der Waals surface area contributed by atoms with E-state index in [1.54, 1.807) is 24.3 Å². The predicted octanol–water partition coefficient (Wildman–Crippen LogP) is 4.70. The number of benzene rings is 2. The zero-order valence-electron chi connectivity index (χ0n) is 11.3. The van der Waals surface area contributed by atoms with Crippen molar-refractivity contribution in [2.45, 2.75) is 25.3 Å². The molecule has 2 N–H and O–H groups in total. The summed E-state index contributed by atoms with van der Waals surface area (Å²) in [6, 6.07) is 10.3. The van der Waals surface area contributed by atoms with Crippen molar-refractivity contribution in [3.63, 3.8) is 0 Å². The average Bonchev–Trinajstić information content (AvgIpc) is 2.41. The molecule has 0 saturated heterocycles. The highest BCUT2D eigenvalue weighted by Gasteiger charge is 2.31. The molecule has 0 spiro atoms. The summed E-state index contributed by atoms with van der Waals surface area (Å²) in [5.74, 6) is -0.636. The standard InChI is InChI=1S/C16H16BrF2N/c1-16(2,10-3-6-12(18)7-4-10)15(20)13-9-11(17)5-8-14(13)19/h3-9,15H,20H2,1-2H3. The maximum absolute atomic E-state index is 14.0. The first-order valence-electron chi connectivity index (χ1n) is 6.29. The lowest BCUT2D eigenvalue weighted by molar-refractivity contribution is 0.406. The van der Waals surface area contributed by atoms with Crippen LogP contribution in [0.5, 0.6) is 0 Å². The highest BCUT2D eigenvalue weighted by atomic mass is 79.9. The van der Waals surface area contributed by atoms with Crippen molar-refractivity contribution in [2.24, 2.45) is 5.73 Å². The van der Waals surface area contributed by atoms with Crippen molar-refractivity contribution in [3.05, 3.63) is 69.7 Å². The fourth-order valence-electron chi connectivity index (χ4n) is 2.20. The van der Waals surface area contributed by atoms with Crippen molar-refractivity contribution >= 4 is 15.9 Å². The summed E-state index contributed by atoms with van der Waals surface area (Å²) in [5.41, 5.74) is 7.04. The molecule has 2 aromatic carbocycles. The second kappa shape index (κ2) is 5.62. The van der Waals surface area contributed by atoms with Gasteiger partial charge in [0.15, 0.2) is 0 Å². The highest BCUT2D eigenvalue weighted by Crippen LogP contribution is 2.36. The molecule has 0 heterocycles. The van der Waals surface area contributed by atoms with Gasteiger partial charge < -0.3 is 5.73 Å². The normalized spacial score (nSPS) is 13.3. The van der Waals surface area contributed by atoms with Crippen LogP contribution < -0.4 is 5.73 Å². The van der Waals surface area contributed by atoms with Crippen LogP contribution in [0.1, 0.15) is 31.0 Å². The largest absolute Gasteiger partial charge is 0.323 e. The first kappa shape index (κ1) is 15.1. The van der Waals surface area contributed by atoms with E-state index in [9.17, 15) is 8.78 Å². The van der Waals surface area contributed by atoms with Gasteiger partial charge in [0.05, 0.1) is 0 Å². The van der Waals surface area contributed by atoms with Crippen molar-refractivity contribution < 1.29 is 8.78 Å². The van der Waals surface area contributed by atoms with Crippen molar-refractivity contribution in [3.8, 4) is 0 Å². The van der Waals surface area contributed by atoms with E-state index in [0.29, 0.717) is 5.56 Å². The molecule has 106 valence electrons. The molecule has 1 atom stereocenters. The molecule has 0 fully saturated rings. The van der Waals surface area contributed by atoms with Crippen molar-refractivity contribution in [2.75, 3.05) is 0 Å². The minimum atomic E-state index is -0.537. The van der Waals surface area contributed by atoms with Gasteiger partial charge in [0.25, 0.3) is 0 Å². The second-order valence-electron chi connectivity index (χ2n) is 5.37. The summed E-state index contributed by atoms with van der Waals surface area (Å²) in [4.78, 5) is 0. The Bertz CT molecular complexity index is 608. The summed E-state index contributed by atoms with van der Waals surface area (Å²) in [6.07, 6.45) is 0. The van der Waals surface area contributed by atoms with Crippen LogP contribution in [0.3, 0.4) is 0 Å². The Balaban J connectivity index is 2.42. The summed E-state index contributed by atoms with van der Waals surface area (Å²) >= 11 is 3.33. The smallest absolute Gasteiger partial charge is 0.128 e. The molecule has 1 unspecified atom stereocenters. The first-order chi connectivity index (χ1) is 9.32. The molecule has 1 nitrogen and oxygen atoms in total. The van der Waals surface area contributed by atoms with E-state index < -0.39 is 11.5 Å². The average molecular weight is 340 g/mol. The number of halogens is 3. The topological polar surface area (TPSA) is 26.0 Å². The van der Waals surface area contributed by atoms with Crippen molar-refractivity contribution in [1.29, 1.82) is 0 Å². The molecule has 0 amide bonds. The van der Waals surface area contributed by atoms with E-state index in [2.05, 4.69) is 15.9 Å². The van der Waals surface area contributed by atoms with E-state index in [1.165, 1.54) is 18.2 Å². The van der Waals surface area contributed by atoms with Gasteiger partial charge in [-0.2, -0.15) is 0 Å². The zero-order chi connectivity index (χ0) is 14.9. The first-order valence-corrected chi connectivity index (χ1v) is 7.08. The van der Waals surface area contributed by atoms with Crippen LogP contribution in [-0.2, 0) is 5.41 Å². The molecule has 0 aromatic heterocycles. The Labute approximate surface area is 125 Å². The Kier molecular flexibility index (Phi) is 4.25. The van der Waals surface area contributed by atoms with Crippen LogP contribution >= 0.6 is 15.9 Å². The molecule has 2 rings (SSSR count). The second-order valence-corrected chi connectivity index (χ2v) is 6.29. The minimum absolute atomic E-state index is 0.299. The maximum atomic E-state index is 14.0. The van der Waals surface area contributed by atoms with Gasteiger partial charge in [-0.1, -0.05) is 41.9 Å². The molecule has 2 aromatic rings. The van der Waals surface area contributed by atoms with Crippen LogP contribution in [0.15, 0.2) is 46.9 Å². The summed E-state index contributed by atoms with van der Waals surface area (Å²) < 4.78 is 27.8. The van der Waals surface area contributed by atoms with E-state index in [4.69, 9.17) is 5.73 Å². The third kappa shape index (κ3) is 2.91. The van der Waals surface area contributed by atoms with Gasteiger partial charge in [-0.3, -0.25) is 0 Å². The van der Waals surface area contributed by atoms with E-state index >= 15 is 0 Å². The molecule has 0 aliphatic heterocycles.